The zero-order chi connectivity index (χ0) is 17.7. The van der Waals surface area contributed by atoms with Crippen LogP contribution in [0.2, 0.25) is 0 Å². The lowest BCUT2D eigenvalue weighted by Crippen LogP contribution is -2.09. The van der Waals surface area contributed by atoms with Gasteiger partial charge in [0.15, 0.2) is 0 Å². The molecule has 0 spiro atoms. The highest BCUT2D eigenvalue weighted by molar-refractivity contribution is 7.90. The zero-order valence-electron chi connectivity index (χ0n) is 14.3. The van der Waals surface area contributed by atoms with Crippen LogP contribution in [0.5, 0.6) is 0 Å². The Morgan fingerprint density at radius 1 is 1.12 bits per heavy atom. The Morgan fingerprint density at radius 3 is 2.21 bits per heavy atom. The normalized spacial score (nSPS) is 12.8. The van der Waals surface area contributed by atoms with Crippen molar-refractivity contribution in [1.82, 2.24) is 9.97 Å². The Bertz CT molecular complexity index is 797. The average Bonchev–Trinajstić information content (AvgIpc) is 2.58. The second kappa shape index (κ2) is 7.66. The molecule has 2 rings (SSSR count). The van der Waals surface area contributed by atoms with Gasteiger partial charge in [-0.2, -0.15) is 0 Å². The average molecular weight is 345 g/mol. The van der Waals surface area contributed by atoms with E-state index in [0.29, 0.717) is 5.92 Å². The molecule has 0 aliphatic heterocycles. The third-order valence-electron chi connectivity index (χ3n) is 4.14. The van der Waals surface area contributed by atoms with Gasteiger partial charge in [0.2, 0.25) is 15.0 Å². The Morgan fingerprint density at radius 2 is 1.71 bits per heavy atom. The van der Waals surface area contributed by atoms with E-state index in [2.05, 4.69) is 23.8 Å². The first-order valence-electron chi connectivity index (χ1n) is 8.00. The zero-order valence-corrected chi connectivity index (χ0v) is 15.1. The molecule has 1 aromatic carbocycles. The second-order valence-electron chi connectivity index (χ2n) is 6.06. The fourth-order valence-electron chi connectivity index (χ4n) is 2.29. The lowest BCUT2D eigenvalue weighted by molar-refractivity contribution is 0.593. The predicted molar refractivity (Wildman–Crippen MR) is 96.1 cm³/mol. The molecular formula is C18H23N3O2S. The predicted octanol–water partition coefficient (Wildman–Crippen LogP) is 3.55. The van der Waals surface area contributed by atoms with Crippen molar-refractivity contribution in [3.63, 3.8) is 0 Å². The molecule has 0 aliphatic carbocycles. The summed E-state index contributed by atoms with van der Waals surface area (Å²) in [6, 6.07) is 8.01. The van der Waals surface area contributed by atoms with E-state index in [1.54, 1.807) is 0 Å². The van der Waals surface area contributed by atoms with E-state index < -0.39 is 9.84 Å². The monoisotopic (exact) mass is 345 g/mol. The third kappa shape index (κ3) is 4.71. The van der Waals surface area contributed by atoms with Gasteiger partial charge in [-0.05, 0) is 36.3 Å². The van der Waals surface area contributed by atoms with Crippen molar-refractivity contribution in [2.45, 2.75) is 38.3 Å². The number of hydrogen-bond acceptors (Lipinski definition) is 5. The van der Waals surface area contributed by atoms with Gasteiger partial charge in [0.05, 0.1) is 0 Å². The number of sulfone groups is 1. The highest BCUT2D eigenvalue weighted by atomic mass is 32.2. The van der Waals surface area contributed by atoms with Gasteiger partial charge in [0.1, 0.15) is 0 Å². The number of aryl methyl sites for hydroxylation is 1. The van der Waals surface area contributed by atoms with E-state index in [-0.39, 0.29) is 5.16 Å². The van der Waals surface area contributed by atoms with Gasteiger partial charge in [-0.3, -0.25) is 0 Å². The molecule has 1 heterocycles. The van der Waals surface area contributed by atoms with Crippen molar-refractivity contribution in [3.05, 3.63) is 42.2 Å². The van der Waals surface area contributed by atoms with Gasteiger partial charge >= 0.3 is 0 Å². The summed E-state index contributed by atoms with van der Waals surface area (Å²) in [5.74, 6) is 0.342. The van der Waals surface area contributed by atoms with Crippen LogP contribution < -0.4 is 0 Å². The van der Waals surface area contributed by atoms with Gasteiger partial charge < -0.3 is 5.41 Å². The van der Waals surface area contributed by atoms with Crippen LogP contribution in [-0.2, 0) is 16.3 Å². The molecule has 0 aliphatic rings. The van der Waals surface area contributed by atoms with Crippen LogP contribution in [0.4, 0.5) is 0 Å². The minimum absolute atomic E-state index is 0.161. The fourth-order valence-corrected chi connectivity index (χ4v) is 2.78. The van der Waals surface area contributed by atoms with Crippen molar-refractivity contribution < 1.29 is 8.42 Å². The molecule has 0 saturated carbocycles. The smallest absolute Gasteiger partial charge is 0.246 e. The van der Waals surface area contributed by atoms with Crippen molar-refractivity contribution in [2.75, 3.05) is 6.26 Å². The molecule has 0 amide bonds. The summed E-state index contributed by atoms with van der Waals surface area (Å²) in [7, 11) is -3.38. The van der Waals surface area contributed by atoms with Crippen molar-refractivity contribution >= 4 is 15.5 Å². The van der Waals surface area contributed by atoms with Crippen LogP contribution in [0.25, 0.3) is 11.1 Å². The minimum atomic E-state index is -3.38. The molecule has 0 bridgehead atoms. The van der Waals surface area contributed by atoms with Gasteiger partial charge in [-0.15, -0.1) is 0 Å². The lowest BCUT2D eigenvalue weighted by atomic mass is 9.96. The molecule has 5 nitrogen and oxygen atoms in total. The van der Waals surface area contributed by atoms with Crippen molar-refractivity contribution in [3.8, 4) is 11.1 Å². The van der Waals surface area contributed by atoms with Crippen LogP contribution in [-0.4, -0.2) is 30.4 Å². The number of nitrogens with zero attached hydrogens (tertiary/aromatic N) is 2. The first-order chi connectivity index (χ1) is 11.3. The molecular weight excluding hydrogens is 322 g/mol. The number of nitrogens with one attached hydrogen (secondary N) is 1. The summed E-state index contributed by atoms with van der Waals surface area (Å²) in [6.45, 7) is 4.19. The standard InChI is InChI=1S/C18H23N3O2S/c1-4-13(2)17(19)10-7-14-5-8-15(9-6-14)16-11-20-18(21-12-16)24(3,22)23/h5-6,8-9,11-13,19H,4,7,10H2,1-3H3/t13-/m1/s1. The molecule has 1 aromatic heterocycles. The molecule has 6 heteroatoms. The summed E-state index contributed by atoms with van der Waals surface area (Å²) in [5, 5.41) is 7.86. The van der Waals surface area contributed by atoms with Crippen LogP contribution in [0.1, 0.15) is 32.3 Å². The third-order valence-corrected chi connectivity index (χ3v) is 5.01. The van der Waals surface area contributed by atoms with Crippen LogP contribution in [0.15, 0.2) is 41.8 Å². The van der Waals surface area contributed by atoms with Crippen molar-refractivity contribution in [1.29, 1.82) is 5.41 Å². The van der Waals surface area contributed by atoms with E-state index >= 15 is 0 Å². The van der Waals surface area contributed by atoms with Crippen LogP contribution >= 0.6 is 0 Å². The molecule has 1 N–H and O–H groups in total. The molecule has 24 heavy (non-hydrogen) atoms. The van der Waals surface area contributed by atoms with Crippen LogP contribution in [0.3, 0.4) is 0 Å². The Balaban J connectivity index is 2.05. The largest absolute Gasteiger partial charge is 0.309 e. The first kappa shape index (κ1) is 18.3. The summed E-state index contributed by atoms with van der Waals surface area (Å²) in [6.07, 6.45) is 6.77. The van der Waals surface area contributed by atoms with Gasteiger partial charge in [0.25, 0.3) is 0 Å². The number of aromatic nitrogens is 2. The maximum absolute atomic E-state index is 11.4. The lowest BCUT2D eigenvalue weighted by Gasteiger charge is -2.10. The number of benzene rings is 1. The van der Waals surface area contributed by atoms with Crippen LogP contribution in [0, 0.1) is 11.3 Å². The minimum Gasteiger partial charge on any atom is -0.309 e. The van der Waals surface area contributed by atoms with E-state index in [1.807, 2.05) is 24.3 Å². The SMILES string of the molecule is CC[C@@H](C)C(=N)CCc1ccc(-c2cnc(S(C)(=O)=O)nc2)cc1. The topological polar surface area (TPSA) is 83.8 Å². The van der Waals surface area contributed by atoms with E-state index in [9.17, 15) is 8.42 Å². The molecule has 1 atom stereocenters. The highest BCUT2D eigenvalue weighted by Crippen LogP contribution is 2.20. The first-order valence-corrected chi connectivity index (χ1v) is 9.89. The molecule has 0 fully saturated rings. The summed E-state index contributed by atoms with van der Waals surface area (Å²) >= 11 is 0. The fraction of sp³-hybridized carbons (Fsp3) is 0.389. The van der Waals surface area contributed by atoms with Gasteiger partial charge in [-0.1, -0.05) is 38.1 Å². The van der Waals surface area contributed by atoms with Gasteiger partial charge in [0, 0.05) is 29.9 Å². The maximum atomic E-state index is 11.4. The highest BCUT2D eigenvalue weighted by Gasteiger charge is 2.11. The number of rotatable bonds is 7. The summed E-state index contributed by atoms with van der Waals surface area (Å²) in [4.78, 5) is 7.82. The summed E-state index contributed by atoms with van der Waals surface area (Å²) < 4.78 is 22.8. The molecule has 0 radical (unpaired) electrons. The maximum Gasteiger partial charge on any atom is 0.246 e. The molecule has 0 unspecified atom stereocenters. The molecule has 128 valence electrons. The summed E-state index contributed by atoms with van der Waals surface area (Å²) in [5.41, 5.74) is 3.70. The molecule has 2 aromatic rings. The second-order valence-corrected chi connectivity index (χ2v) is 7.97. The number of hydrogen-bond donors (Lipinski definition) is 1. The Kier molecular flexibility index (Phi) is 5.83. The Hall–Kier alpha value is -2.08. The van der Waals surface area contributed by atoms with E-state index in [0.717, 1.165) is 42.4 Å². The Labute approximate surface area is 143 Å². The van der Waals surface area contributed by atoms with E-state index in [4.69, 9.17) is 5.41 Å². The van der Waals surface area contributed by atoms with Crippen molar-refractivity contribution in [2.24, 2.45) is 5.92 Å². The van der Waals surface area contributed by atoms with E-state index in [1.165, 1.54) is 18.0 Å². The quantitative estimate of drug-likeness (QED) is 0.614. The van der Waals surface area contributed by atoms with Gasteiger partial charge in [-0.25, -0.2) is 18.4 Å². The molecule has 0 saturated heterocycles.